The predicted octanol–water partition coefficient (Wildman–Crippen LogP) is 4.15. The second kappa shape index (κ2) is 4.42. The molecule has 0 aliphatic heterocycles. The number of halogens is 1. The third-order valence-corrected chi connectivity index (χ3v) is 4.02. The minimum atomic E-state index is 0.693. The molecule has 6 heteroatoms. The van der Waals surface area contributed by atoms with E-state index in [9.17, 15) is 0 Å². The van der Waals surface area contributed by atoms with Crippen molar-refractivity contribution in [3.05, 3.63) is 45.0 Å². The van der Waals surface area contributed by atoms with Gasteiger partial charge in [0.25, 0.3) is 0 Å². The maximum Gasteiger partial charge on any atom is 0.186 e. The monoisotopic (exact) mass is 293 g/mol. The molecule has 0 aliphatic carbocycles. The number of nitrogens with zero attached hydrogens (tertiary/aromatic N) is 3. The van der Waals surface area contributed by atoms with Crippen LogP contribution in [0.15, 0.2) is 30.3 Å². The average molecular weight is 294 g/mol. The highest BCUT2D eigenvalue weighted by Crippen LogP contribution is 2.24. The van der Waals surface area contributed by atoms with E-state index in [1.165, 1.54) is 11.3 Å². The van der Waals surface area contributed by atoms with Gasteiger partial charge >= 0.3 is 0 Å². The Morgan fingerprint density at radius 1 is 1.28 bits per heavy atom. The van der Waals surface area contributed by atoms with Gasteiger partial charge in [-0.3, -0.25) is 0 Å². The van der Waals surface area contributed by atoms with Crippen LogP contribution < -0.4 is 0 Å². The van der Waals surface area contributed by atoms with Crippen molar-refractivity contribution in [1.82, 2.24) is 14.6 Å². The minimum Gasteiger partial charge on any atom is -0.218 e. The Kier molecular flexibility index (Phi) is 2.89. The third kappa shape index (κ3) is 2.05. The predicted molar refractivity (Wildman–Crippen MR) is 76.9 cm³/mol. The molecule has 18 heavy (non-hydrogen) atoms. The molecule has 2 aromatic heterocycles. The molecule has 3 nitrogen and oxygen atoms in total. The summed E-state index contributed by atoms with van der Waals surface area (Å²) in [5, 5.41) is 5.89. The van der Waals surface area contributed by atoms with Crippen molar-refractivity contribution < 1.29 is 0 Å². The lowest BCUT2D eigenvalue weighted by molar-refractivity contribution is 0.924. The van der Waals surface area contributed by atoms with Crippen LogP contribution in [0.4, 0.5) is 0 Å². The number of aryl methyl sites for hydroxylation is 1. The van der Waals surface area contributed by atoms with E-state index in [0.29, 0.717) is 8.98 Å². The summed E-state index contributed by atoms with van der Waals surface area (Å²) in [6.07, 6.45) is 0. The van der Waals surface area contributed by atoms with Crippen molar-refractivity contribution in [2.75, 3.05) is 0 Å². The first kappa shape index (κ1) is 11.8. The fourth-order valence-corrected chi connectivity index (χ4v) is 2.95. The van der Waals surface area contributed by atoms with E-state index in [1.807, 2.05) is 37.3 Å². The maximum atomic E-state index is 5.88. The molecular weight excluding hydrogens is 286 g/mol. The molecule has 0 N–H and O–H groups in total. The second-order valence-electron chi connectivity index (χ2n) is 3.85. The first-order chi connectivity index (χ1) is 8.63. The number of hydrogen-bond acceptors (Lipinski definition) is 4. The van der Waals surface area contributed by atoms with E-state index < -0.39 is 0 Å². The van der Waals surface area contributed by atoms with E-state index >= 15 is 0 Å². The van der Waals surface area contributed by atoms with Crippen LogP contribution in [0.2, 0.25) is 5.02 Å². The highest BCUT2D eigenvalue weighted by Gasteiger charge is 2.06. The van der Waals surface area contributed by atoms with Crippen LogP contribution in [0.1, 0.15) is 5.69 Å². The molecule has 2 heterocycles. The van der Waals surface area contributed by atoms with Gasteiger partial charge in [0.1, 0.15) is 5.01 Å². The molecule has 0 saturated heterocycles. The molecular formula is C12H8ClN3S2. The Morgan fingerprint density at radius 3 is 2.72 bits per heavy atom. The minimum absolute atomic E-state index is 0.693. The van der Waals surface area contributed by atoms with Crippen molar-refractivity contribution >= 4 is 40.8 Å². The lowest BCUT2D eigenvalue weighted by Gasteiger charge is -2.00. The maximum absolute atomic E-state index is 5.88. The Bertz CT molecular complexity index is 774. The topological polar surface area (TPSA) is 30.2 Å². The zero-order valence-electron chi connectivity index (χ0n) is 9.42. The smallest absolute Gasteiger partial charge is 0.186 e. The molecule has 1 aromatic carbocycles. The summed E-state index contributed by atoms with van der Waals surface area (Å²) in [6.45, 7) is 1.93. The van der Waals surface area contributed by atoms with Gasteiger partial charge in [-0.2, -0.15) is 9.61 Å². The van der Waals surface area contributed by atoms with Crippen molar-refractivity contribution in [2.45, 2.75) is 6.92 Å². The first-order valence-corrected chi connectivity index (χ1v) is 6.87. The molecule has 0 bridgehead atoms. The highest BCUT2D eigenvalue weighted by atomic mass is 35.5. The molecule has 0 saturated carbocycles. The second-order valence-corrected chi connectivity index (χ2v) is 5.91. The van der Waals surface area contributed by atoms with Gasteiger partial charge in [-0.25, -0.2) is 4.98 Å². The Hall–Kier alpha value is -1.30. The van der Waals surface area contributed by atoms with E-state index in [0.717, 1.165) is 21.9 Å². The lowest BCUT2D eigenvalue weighted by atomic mass is 10.2. The number of hydrogen-bond donors (Lipinski definition) is 0. The number of aromatic nitrogens is 3. The molecule has 0 radical (unpaired) electrons. The molecule has 0 spiro atoms. The number of fused-ring (bicyclic) bond motifs is 1. The van der Waals surface area contributed by atoms with Crippen molar-refractivity contribution in [1.29, 1.82) is 0 Å². The fraction of sp³-hybridized carbons (Fsp3) is 0.0833. The average Bonchev–Trinajstić information content (AvgIpc) is 2.71. The summed E-state index contributed by atoms with van der Waals surface area (Å²) in [5.74, 6) is 0. The SMILES string of the molecule is Cc1cc2nc(-c3ccc(Cl)cc3)sc(=S)n2n1. The van der Waals surface area contributed by atoms with Gasteiger partial charge in [0.15, 0.2) is 9.60 Å². The molecule has 0 fully saturated rings. The van der Waals surface area contributed by atoms with Crippen LogP contribution in [-0.4, -0.2) is 14.6 Å². The summed E-state index contributed by atoms with van der Waals surface area (Å²) in [4.78, 5) is 4.57. The quantitative estimate of drug-likeness (QED) is 0.631. The van der Waals surface area contributed by atoms with Crippen LogP contribution >= 0.6 is 35.2 Å². The summed E-state index contributed by atoms with van der Waals surface area (Å²) in [6, 6.07) is 9.49. The van der Waals surface area contributed by atoms with Crippen LogP contribution in [0.25, 0.3) is 16.2 Å². The largest absolute Gasteiger partial charge is 0.218 e. The van der Waals surface area contributed by atoms with E-state index in [1.54, 1.807) is 4.52 Å². The lowest BCUT2D eigenvalue weighted by Crippen LogP contribution is -1.91. The standard InChI is InChI=1S/C12H8ClN3S2/c1-7-6-10-14-11(18-12(17)16(10)15-7)8-2-4-9(13)5-3-8/h2-6H,1H3. The number of benzene rings is 1. The molecule has 0 amide bonds. The van der Waals surface area contributed by atoms with Gasteiger partial charge in [-0.05, 0) is 31.3 Å². The van der Waals surface area contributed by atoms with Crippen LogP contribution in [-0.2, 0) is 0 Å². The molecule has 0 aliphatic rings. The zero-order chi connectivity index (χ0) is 12.7. The van der Waals surface area contributed by atoms with Crippen molar-refractivity contribution in [2.24, 2.45) is 0 Å². The molecule has 3 aromatic rings. The molecule has 0 unspecified atom stereocenters. The van der Waals surface area contributed by atoms with Gasteiger partial charge < -0.3 is 0 Å². The first-order valence-electron chi connectivity index (χ1n) is 5.27. The zero-order valence-corrected chi connectivity index (χ0v) is 11.8. The van der Waals surface area contributed by atoms with Crippen molar-refractivity contribution in [3.63, 3.8) is 0 Å². The summed E-state index contributed by atoms with van der Waals surface area (Å²) < 4.78 is 2.38. The van der Waals surface area contributed by atoms with Gasteiger partial charge in [-0.1, -0.05) is 35.1 Å². The Labute approximate surface area is 118 Å². The normalized spacial score (nSPS) is 11.0. The number of rotatable bonds is 1. The van der Waals surface area contributed by atoms with Crippen molar-refractivity contribution in [3.8, 4) is 10.6 Å². The highest BCUT2D eigenvalue weighted by molar-refractivity contribution is 7.73. The van der Waals surface area contributed by atoms with Gasteiger partial charge in [-0.15, -0.1) is 0 Å². The molecule has 0 atom stereocenters. The van der Waals surface area contributed by atoms with Crippen LogP contribution in [0.3, 0.4) is 0 Å². The van der Waals surface area contributed by atoms with Gasteiger partial charge in [0, 0.05) is 16.7 Å². The Morgan fingerprint density at radius 2 is 2.00 bits per heavy atom. The van der Waals surface area contributed by atoms with E-state index in [4.69, 9.17) is 23.8 Å². The van der Waals surface area contributed by atoms with Gasteiger partial charge in [0.05, 0.1) is 5.69 Å². The summed E-state index contributed by atoms with van der Waals surface area (Å²) >= 11 is 12.7. The summed E-state index contributed by atoms with van der Waals surface area (Å²) in [5.41, 5.74) is 2.70. The summed E-state index contributed by atoms with van der Waals surface area (Å²) in [7, 11) is 0. The third-order valence-electron chi connectivity index (χ3n) is 2.48. The van der Waals surface area contributed by atoms with Gasteiger partial charge in [0.2, 0.25) is 0 Å². The van der Waals surface area contributed by atoms with Crippen LogP contribution in [0, 0.1) is 10.9 Å². The molecule has 90 valence electrons. The van der Waals surface area contributed by atoms with Crippen LogP contribution in [0.5, 0.6) is 0 Å². The van der Waals surface area contributed by atoms with E-state index in [-0.39, 0.29) is 0 Å². The Balaban J connectivity index is 2.24. The van der Waals surface area contributed by atoms with E-state index in [2.05, 4.69) is 10.1 Å². The molecule has 3 rings (SSSR count). The fourth-order valence-electron chi connectivity index (χ4n) is 1.67.